The summed E-state index contributed by atoms with van der Waals surface area (Å²) in [6, 6.07) is 16.1. The van der Waals surface area contributed by atoms with Gasteiger partial charge < -0.3 is 19.2 Å². The van der Waals surface area contributed by atoms with E-state index in [1.54, 1.807) is 54.9 Å². The molecule has 7 heteroatoms. The van der Waals surface area contributed by atoms with Gasteiger partial charge in [-0.1, -0.05) is 0 Å². The fourth-order valence-electron chi connectivity index (χ4n) is 2.77. The maximum Gasteiger partial charge on any atom is 0.262 e. The van der Waals surface area contributed by atoms with E-state index in [4.69, 9.17) is 13.9 Å². The van der Waals surface area contributed by atoms with Crippen molar-refractivity contribution in [3.05, 3.63) is 67.0 Å². The smallest absolute Gasteiger partial charge is 0.262 e. The van der Waals surface area contributed by atoms with Crippen molar-refractivity contribution in [2.24, 2.45) is 0 Å². The summed E-state index contributed by atoms with van der Waals surface area (Å²) >= 11 is 0. The number of fused-ring (bicyclic) bond motifs is 1. The number of carbonyl (C=O) groups is 1. The van der Waals surface area contributed by atoms with Gasteiger partial charge in [-0.2, -0.15) is 0 Å². The van der Waals surface area contributed by atoms with Gasteiger partial charge in [0.05, 0.1) is 6.61 Å². The monoisotopic (exact) mass is 389 g/mol. The maximum absolute atomic E-state index is 12.2. The first-order valence-corrected chi connectivity index (χ1v) is 9.18. The zero-order valence-corrected chi connectivity index (χ0v) is 15.8. The minimum absolute atomic E-state index is 0.106. The van der Waals surface area contributed by atoms with Crippen LogP contribution in [0.15, 0.2) is 71.4 Å². The fourth-order valence-corrected chi connectivity index (χ4v) is 2.77. The highest BCUT2D eigenvalue weighted by Crippen LogP contribution is 2.26. The van der Waals surface area contributed by atoms with E-state index < -0.39 is 0 Å². The number of carbonyl (C=O) groups excluding carboxylic acids is 1. The number of pyridine rings is 1. The Balaban J connectivity index is 1.39. The molecule has 29 heavy (non-hydrogen) atoms. The topological polar surface area (TPSA) is 86.5 Å². The molecule has 0 unspecified atom stereocenters. The van der Waals surface area contributed by atoms with E-state index >= 15 is 0 Å². The minimum atomic E-state index is -0.271. The molecule has 7 nitrogen and oxygen atoms in total. The normalized spacial score (nSPS) is 10.7. The third kappa shape index (κ3) is 4.52. The van der Waals surface area contributed by atoms with Crippen LogP contribution in [0.4, 0.5) is 5.69 Å². The average Bonchev–Trinajstić information content (AvgIpc) is 3.18. The van der Waals surface area contributed by atoms with Crippen molar-refractivity contribution in [1.29, 1.82) is 0 Å². The Labute approximate surface area is 167 Å². The van der Waals surface area contributed by atoms with E-state index in [2.05, 4.69) is 15.3 Å². The third-order valence-electron chi connectivity index (χ3n) is 4.10. The number of oxazole rings is 1. The molecule has 0 bridgehead atoms. The number of hydrogen-bond donors (Lipinski definition) is 1. The lowest BCUT2D eigenvalue weighted by atomic mass is 10.3. The lowest BCUT2D eigenvalue weighted by Gasteiger charge is -2.08. The number of hydrogen-bond acceptors (Lipinski definition) is 6. The fraction of sp³-hybridized carbons (Fsp3) is 0.136. The lowest BCUT2D eigenvalue weighted by Crippen LogP contribution is -2.20. The van der Waals surface area contributed by atoms with E-state index in [-0.39, 0.29) is 12.5 Å². The molecule has 2 aromatic carbocycles. The zero-order valence-electron chi connectivity index (χ0n) is 15.8. The highest BCUT2D eigenvalue weighted by molar-refractivity contribution is 5.93. The van der Waals surface area contributed by atoms with Gasteiger partial charge in [-0.15, -0.1) is 0 Å². The Morgan fingerprint density at radius 3 is 2.45 bits per heavy atom. The second kappa shape index (κ2) is 8.43. The molecule has 1 amide bonds. The first-order chi connectivity index (χ1) is 14.2. The van der Waals surface area contributed by atoms with Crippen molar-refractivity contribution < 1.29 is 18.7 Å². The number of nitrogens with zero attached hydrogens (tertiary/aromatic N) is 2. The SMILES string of the molecule is CCOc1ccc(OCC(=O)Nc2ccc3nc(-c4ccncc4)oc3c2)cc1. The second-order valence-electron chi connectivity index (χ2n) is 6.18. The third-order valence-corrected chi connectivity index (χ3v) is 4.10. The summed E-state index contributed by atoms with van der Waals surface area (Å²) in [7, 11) is 0. The van der Waals surface area contributed by atoms with Crippen LogP contribution in [-0.2, 0) is 4.79 Å². The molecule has 2 aromatic heterocycles. The highest BCUT2D eigenvalue weighted by Gasteiger charge is 2.10. The quantitative estimate of drug-likeness (QED) is 0.507. The Bertz CT molecular complexity index is 1110. The molecule has 4 rings (SSSR count). The van der Waals surface area contributed by atoms with Crippen molar-refractivity contribution in [2.45, 2.75) is 6.92 Å². The van der Waals surface area contributed by atoms with Crippen LogP contribution in [0.25, 0.3) is 22.6 Å². The lowest BCUT2D eigenvalue weighted by molar-refractivity contribution is -0.118. The van der Waals surface area contributed by atoms with Gasteiger partial charge in [0.2, 0.25) is 5.89 Å². The Morgan fingerprint density at radius 1 is 1.00 bits per heavy atom. The van der Waals surface area contributed by atoms with Crippen LogP contribution in [0.3, 0.4) is 0 Å². The predicted octanol–water partition coefficient (Wildman–Crippen LogP) is 4.31. The van der Waals surface area contributed by atoms with Crippen molar-refractivity contribution in [3.8, 4) is 23.0 Å². The summed E-state index contributed by atoms with van der Waals surface area (Å²) in [4.78, 5) is 20.6. The van der Waals surface area contributed by atoms with Gasteiger partial charge in [-0.25, -0.2) is 4.98 Å². The number of ether oxygens (including phenoxy) is 2. The van der Waals surface area contributed by atoms with Crippen molar-refractivity contribution in [2.75, 3.05) is 18.5 Å². The number of amides is 1. The van der Waals surface area contributed by atoms with Crippen molar-refractivity contribution >= 4 is 22.7 Å². The summed E-state index contributed by atoms with van der Waals surface area (Å²) in [5.74, 6) is 1.59. The molecule has 0 radical (unpaired) electrons. The molecule has 0 fully saturated rings. The van der Waals surface area contributed by atoms with Gasteiger partial charge in [0.15, 0.2) is 12.2 Å². The molecule has 0 spiro atoms. The minimum Gasteiger partial charge on any atom is -0.494 e. The van der Waals surface area contributed by atoms with Crippen LogP contribution in [0, 0.1) is 0 Å². The molecular weight excluding hydrogens is 370 g/mol. The average molecular weight is 389 g/mol. The van der Waals surface area contributed by atoms with Crippen LogP contribution < -0.4 is 14.8 Å². The Kier molecular flexibility index (Phi) is 5.38. The van der Waals surface area contributed by atoms with E-state index in [1.165, 1.54) is 0 Å². The van der Waals surface area contributed by atoms with Gasteiger partial charge in [-0.05, 0) is 55.5 Å². The molecule has 0 aliphatic rings. The highest BCUT2D eigenvalue weighted by atomic mass is 16.5. The molecule has 0 aliphatic carbocycles. The summed E-state index contributed by atoms with van der Waals surface area (Å²) in [5, 5.41) is 2.80. The molecular formula is C22H19N3O4. The summed E-state index contributed by atoms with van der Waals surface area (Å²) < 4.78 is 16.7. The summed E-state index contributed by atoms with van der Waals surface area (Å²) in [6.45, 7) is 2.41. The van der Waals surface area contributed by atoms with Crippen LogP contribution >= 0.6 is 0 Å². The van der Waals surface area contributed by atoms with Crippen molar-refractivity contribution in [1.82, 2.24) is 9.97 Å². The van der Waals surface area contributed by atoms with E-state index in [9.17, 15) is 4.79 Å². The molecule has 1 N–H and O–H groups in total. The van der Waals surface area contributed by atoms with Crippen molar-refractivity contribution in [3.63, 3.8) is 0 Å². The summed E-state index contributed by atoms with van der Waals surface area (Å²) in [5.41, 5.74) is 2.74. The first-order valence-electron chi connectivity index (χ1n) is 9.18. The molecule has 0 aliphatic heterocycles. The van der Waals surface area contributed by atoms with Gasteiger partial charge >= 0.3 is 0 Å². The van der Waals surface area contributed by atoms with E-state index in [1.807, 2.05) is 19.1 Å². The molecule has 0 saturated carbocycles. The molecule has 0 saturated heterocycles. The molecule has 0 atom stereocenters. The largest absolute Gasteiger partial charge is 0.494 e. The Hall–Kier alpha value is -3.87. The van der Waals surface area contributed by atoms with Crippen LogP contribution in [0.2, 0.25) is 0 Å². The maximum atomic E-state index is 12.2. The van der Waals surface area contributed by atoms with Crippen LogP contribution in [0.5, 0.6) is 11.5 Å². The van der Waals surface area contributed by atoms with E-state index in [0.29, 0.717) is 35.0 Å². The van der Waals surface area contributed by atoms with Gasteiger partial charge in [0.25, 0.3) is 5.91 Å². The molecule has 4 aromatic rings. The van der Waals surface area contributed by atoms with Gasteiger partial charge in [-0.3, -0.25) is 9.78 Å². The predicted molar refractivity (Wildman–Crippen MR) is 109 cm³/mol. The Morgan fingerprint density at radius 2 is 1.72 bits per heavy atom. The van der Waals surface area contributed by atoms with E-state index in [0.717, 1.165) is 11.3 Å². The second-order valence-corrected chi connectivity index (χ2v) is 6.18. The number of benzene rings is 2. The van der Waals surface area contributed by atoms with Gasteiger partial charge in [0, 0.05) is 29.7 Å². The number of anilines is 1. The molecule has 2 heterocycles. The molecule has 146 valence electrons. The first kappa shape index (κ1) is 18.5. The number of rotatable bonds is 7. The van der Waals surface area contributed by atoms with Crippen LogP contribution in [-0.4, -0.2) is 29.1 Å². The number of nitrogens with one attached hydrogen (secondary N) is 1. The van der Waals surface area contributed by atoms with Crippen LogP contribution in [0.1, 0.15) is 6.92 Å². The number of aromatic nitrogens is 2. The summed E-state index contributed by atoms with van der Waals surface area (Å²) in [6.07, 6.45) is 3.36. The van der Waals surface area contributed by atoms with Gasteiger partial charge in [0.1, 0.15) is 17.0 Å². The zero-order chi connectivity index (χ0) is 20.1. The standard InChI is InChI=1S/C22H19N3O4/c1-2-27-17-4-6-18(7-5-17)28-14-21(26)24-16-3-8-19-20(13-16)29-22(25-19)15-9-11-23-12-10-15/h3-13H,2,14H2,1H3,(H,24,26).